The Bertz CT molecular complexity index is 1890. The number of carbonyl (C=O) groups excluding carboxylic acids is 2. The average Bonchev–Trinajstić information content (AvgIpc) is 3.51. The maximum Gasteiger partial charge on any atom is 0.271 e. The molecule has 2 amide bonds. The summed E-state index contributed by atoms with van der Waals surface area (Å²) in [4.78, 5) is 29.9. The molecule has 0 saturated carbocycles. The summed E-state index contributed by atoms with van der Waals surface area (Å²) in [5.41, 5.74) is 10.1. The number of nitrogens with one attached hydrogen (secondary N) is 3. The predicted octanol–water partition coefficient (Wildman–Crippen LogP) is 7.92. The molecule has 0 atom stereocenters. The van der Waals surface area contributed by atoms with Crippen molar-refractivity contribution in [1.82, 2.24) is 10.4 Å². The molecule has 0 bridgehead atoms. The number of ether oxygens (including phenoxy) is 2. The first-order valence-corrected chi connectivity index (χ1v) is 15.5. The number of hydrogen-bond donors (Lipinski definition) is 3. The van der Waals surface area contributed by atoms with Gasteiger partial charge in [-0.25, -0.2) is 10.4 Å². The number of halogens is 1. The number of thiazole rings is 1. The van der Waals surface area contributed by atoms with Crippen LogP contribution in [0.4, 0.5) is 16.5 Å². The van der Waals surface area contributed by atoms with Gasteiger partial charge < -0.3 is 20.1 Å². The van der Waals surface area contributed by atoms with E-state index in [0.29, 0.717) is 16.9 Å². The molecule has 234 valence electrons. The van der Waals surface area contributed by atoms with Gasteiger partial charge in [0, 0.05) is 27.9 Å². The Hall–Kier alpha value is -5.19. The summed E-state index contributed by atoms with van der Waals surface area (Å²) in [7, 11) is 1.47. The van der Waals surface area contributed by atoms with Crippen LogP contribution in [0.5, 0.6) is 11.5 Å². The molecule has 5 rings (SSSR count). The second-order valence-electron chi connectivity index (χ2n) is 10.5. The molecule has 46 heavy (non-hydrogen) atoms. The van der Waals surface area contributed by atoms with Crippen LogP contribution in [-0.2, 0) is 4.79 Å². The SMILES string of the molecule is COc1cc(/C=N/NC(=O)c2ccc(-c3csc(Nc4ccc(C)cc4)n3)cc2)cc(Cl)c1OCC(=O)Nc1cc(C)ccc1C. The second kappa shape index (κ2) is 14.7. The molecule has 0 aliphatic heterocycles. The summed E-state index contributed by atoms with van der Waals surface area (Å²) in [5.74, 6) is -0.176. The maximum absolute atomic E-state index is 12.7. The van der Waals surface area contributed by atoms with Crippen LogP contribution in [0.15, 0.2) is 89.3 Å². The zero-order valence-electron chi connectivity index (χ0n) is 25.7. The van der Waals surface area contributed by atoms with Crippen molar-refractivity contribution in [3.8, 4) is 22.8 Å². The van der Waals surface area contributed by atoms with Crippen LogP contribution in [-0.4, -0.2) is 36.7 Å². The number of hydrogen-bond acceptors (Lipinski definition) is 8. The first kappa shape index (κ1) is 32.2. The molecule has 9 nitrogen and oxygen atoms in total. The normalized spacial score (nSPS) is 10.9. The third-order valence-electron chi connectivity index (χ3n) is 6.90. The van der Waals surface area contributed by atoms with Gasteiger partial charge in [-0.15, -0.1) is 11.3 Å². The fourth-order valence-corrected chi connectivity index (χ4v) is 5.41. The smallest absolute Gasteiger partial charge is 0.271 e. The van der Waals surface area contributed by atoms with Crippen molar-refractivity contribution in [1.29, 1.82) is 0 Å². The minimum atomic E-state index is -0.379. The molecule has 0 saturated heterocycles. The number of hydrazone groups is 1. The highest BCUT2D eigenvalue weighted by molar-refractivity contribution is 7.14. The fourth-order valence-electron chi connectivity index (χ4n) is 4.40. The Morgan fingerprint density at radius 3 is 2.43 bits per heavy atom. The van der Waals surface area contributed by atoms with Gasteiger partial charge in [-0.2, -0.15) is 5.10 Å². The summed E-state index contributed by atoms with van der Waals surface area (Å²) < 4.78 is 11.1. The number of methoxy groups -OCH3 is 1. The molecule has 1 heterocycles. The number of anilines is 3. The number of aromatic nitrogens is 1. The van der Waals surface area contributed by atoms with Crippen LogP contribution in [0, 0.1) is 20.8 Å². The zero-order chi connectivity index (χ0) is 32.6. The predicted molar refractivity (Wildman–Crippen MR) is 185 cm³/mol. The molecule has 3 N–H and O–H groups in total. The molecule has 5 aromatic rings. The van der Waals surface area contributed by atoms with Crippen LogP contribution < -0.4 is 25.5 Å². The summed E-state index contributed by atoms with van der Waals surface area (Å²) >= 11 is 7.97. The second-order valence-corrected chi connectivity index (χ2v) is 11.8. The lowest BCUT2D eigenvalue weighted by Crippen LogP contribution is -2.21. The van der Waals surface area contributed by atoms with Gasteiger partial charge in [0.1, 0.15) is 0 Å². The number of carbonyl (C=O) groups is 2. The summed E-state index contributed by atoms with van der Waals surface area (Å²) in [5, 5.41) is 13.2. The zero-order valence-corrected chi connectivity index (χ0v) is 27.3. The van der Waals surface area contributed by atoms with Gasteiger partial charge in [0.15, 0.2) is 23.2 Å². The maximum atomic E-state index is 12.7. The van der Waals surface area contributed by atoms with E-state index in [9.17, 15) is 9.59 Å². The fraction of sp³-hybridized carbons (Fsp3) is 0.143. The molecule has 0 aliphatic carbocycles. The Morgan fingerprint density at radius 2 is 1.70 bits per heavy atom. The lowest BCUT2D eigenvalue weighted by Gasteiger charge is -2.14. The summed E-state index contributed by atoms with van der Waals surface area (Å²) in [6, 6.07) is 24.3. The highest BCUT2D eigenvalue weighted by Crippen LogP contribution is 2.36. The van der Waals surface area contributed by atoms with Crippen molar-refractivity contribution >= 4 is 57.5 Å². The van der Waals surface area contributed by atoms with Crippen molar-refractivity contribution in [3.63, 3.8) is 0 Å². The first-order chi connectivity index (χ1) is 22.2. The lowest BCUT2D eigenvalue weighted by atomic mass is 10.1. The van der Waals surface area contributed by atoms with Crippen LogP contribution in [0.1, 0.15) is 32.6 Å². The molecular weight excluding hydrogens is 622 g/mol. The van der Waals surface area contributed by atoms with Crippen molar-refractivity contribution in [3.05, 3.63) is 117 Å². The van der Waals surface area contributed by atoms with Crippen molar-refractivity contribution in [2.45, 2.75) is 20.8 Å². The Morgan fingerprint density at radius 1 is 0.957 bits per heavy atom. The molecular formula is C35H32ClN5O4S. The third kappa shape index (κ3) is 8.29. The van der Waals surface area contributed by atoms with E-state index >= 15 is 0 Å². The van der Waals surface area contributed by atoms with Gasteiger partial charge in [0.25, 0.3) is 11.8 Å². The molecule has 0 aliphatic rings. The highest BCUT2D eigenvalue weighted by Gasteiger charge is 2.15. The Kier molecular flexibility index (Phi) is 10.3. The van der Waals surface area contributed by atoms with E-state index in [2.05, 4.69) is 26.1 Å². The van der Waals surface area contributed by atoms with Crippen molar-refractivity contribution < 1.29 is 19.1 Å². The molecule has 0 fully saturated rings. The number of rotatable bonds is 11. The number of amides is 2. The first-order valence-electron chi connectivity index (χ1n) is 14.3. The molecule has 0 radical (unpaired) electrons. The van der Waals surface area contributed by atoms with Crippen LogP contribution in [0.2, 0.25) is 5.02 Å². The average molecular weight is 654 g/mol. The number of aryl methyl sites for hydroxylation is 3. The minimum absolute atomic E-state index is 0.222. The lowest BCUT2D eigenvalue weighted by molar-refractivity contribution is -0.118. The molecule has 0 unspecified atom stereocenters. The monoisotopic (exact) mass is 653 g/mol. The van der Waals surface area contributed by atoms with E-state index in [1.807, 2.05) is 80.7 Å². The molecule has 1 aromatic heterocycles. The number of benzene rings is 4. The standard InChI is InChI=1S/C35H32ClN5O4S/c1-21-6-13-27(14-7-21)38-35-40-30(20-46-35)25-9-11-26(12-10-25)34(43)41-37-18-24-16-28(36)33(31(17-24)44-4)45-19-32(42)39-29-15-22(2)5-8-23(29)3/h5-18,20H,19H2,1-4H3,(H,38,40)(H,39,42)(H,41,43)/b37-18+. The Balaban J connectivity index is 1.16. The summed E-state index contributed by atoms with van der Waals surface area (Å²) in [6.45, 7) is 5.65. The third-order valence-corrected chi connectivity index (χ3v) is 7.93. The van der Waals surface area contributed by atoms with E-state index in [4.69, 9.17) is 21.1 Å². The summed E-state index contributed by atoms with van der Waals surface area (Å²) in [6.07, 6.45) is 1.44. The van der Waals surface area contributed by atoms with E-state index in [1.165, 1.54) is 30.2 Å². The van der Waals surface area contributed by atoms with Crippen molar-refractivity contribution in [2.24, 2.45) is 5.10 Å². The Labute approximate surface area is 276 Å². The van der Waals surface area contributed by atoms with Gasteiger partial charge in [-0.05, 0) is 79.9 Å². The van der Waals surface area contributed by atoms with E-state index in [-0.39, 0.29) is 29.2 Å². The molecule has 0 spiro atoms. The van der Waals surface area contributed by atoms with Gasteiger partial charge in [-0.3, -0.25) is 9.59 Å². The van der Waals surface area contributed by atoms with E-state index < -0.39 is 0 Å². The highest BCUT2D eigenvalue weighted by atomic mass is 35.5. The van der Waals surface area contributed by atoms with Gasteiger partial charge in [0.2, 0.25) is 0 Å². The van der Waals surface area contributed by atoms with Gasteiger partial charge in [-0.1, -0.05) is 53.6 Å². The quantitative estimate of drug-likeness (QED) is 0.0986. The van der Waals surface area contributed by atoms with Crippen LogP contribution in [0.25, 0.3) is 11.3 Å². The minimum Gasteiger partial charge on any atom is -0.493 e. The van der Waals surface area contributed by atoms with Crippen LogP contribution >= 0.6 is 22.9 Å². The molecule has 4 aromatic carbocycles. The van der Waals surface area contributed by atoms with Gasteiger partial charge in [0.05, 0.1) is 24.0 Å². The largest absolute Gasteiger partial charge is 0.493 e. The van der Waals surface area contributed by atoms with E-state index in [0.717, 1.165) is 38.9 Å². The van der Waals surface area contributed by atoms with Gasteiger partial charge >= 0.3 is 0 Å². The van der Waals surface area contributed by atoms with Crippen molar-refractivity contribution in [2.75, 3.05) is 24.4 Å². The molecule has 11 heteroatoms. The van der Waals surface area contributed by atoms with Crippen LogP contribution in [0.3, 0.4) is 0 Å². The topological polar surface area (TPSA) is 114 Å². The number of nitrogens with zero attached hydrogens (tertiary/aromatic N) is 2. The van der Waals surface area contributed by atoms with E-state index in [1.54, 1.807) is 24.3 Å².